The van der Waals surface area contributed by atoms with Crippen molar-refractivity contribution in [1.29, 1.82) is 0 Å². The van der Waals surface area contributed by atoms with Crippen molar-refractivity contribution in [3.63, 3.8) is 0 Å². The Labute approximate surface area is 222 Å². The van der Waals surface area contributed by atoms with Crippen molar-refractivity contribution in [1.82, 2.24) is 15.0 Å². The topological polar surface area (TPSA) is 117 Å². The van der Waals surface area contributed by atoms with Crippen molar-refractivity contribution in [2.24, 2.45) is 5.92 Å². The van der Waals surface area contributed by atoms with Gasteiger partial charge in [-0.2, -0.15) is 0 Å². The third-order valence-electron chi connectivity index (χ3n) is 8.01. The molecule has 0 saturated carbocycles. The quantitative estimate of drug-likeness (QED) is 0.344. The van der Waals surface area contributed by atoms with Gasteiger partial charge in [0.2, 0.25) is 11.5 Å². The van der Waals surface area contributed by atoms with Crippen LogP contribution in [0.5, 0.6) is 0 Å². The summed E-state index contributed by atoms with van der Waals surface area (Å²) in [7, 11) is 0. The van der Waals surface area contributed by atoms with Crippen molar-refractivity contribution < 1.29 is 9.59 Å². The Bertz CT molecular complexity index is 1710. The predicted octanol–water partition coefficient (Wildman–Crippen LogP) is 4.25. The fourth-order valence-corrected chi connectivity index (χ4v) is 7.28. The number of nitrogens with one attached hydrogen (secondary N) is 3. The van der Waals surface area contributed by atoms with E-state index in [-0.39, 0.29) is 23.2 Å². The highest BCUT2D eigenvalue weighted by Gasteiger charge is 2.51. The number of ketones is 1. The molecular weight excluding hydrogens is 498 g/mol. The fraction of sp³-hybridized carbons (Fsp3) is 0.276. The maximum atomic E-state index is 13.4. The average molecular weight is 524 g/mol. The minimum Gasteiger partial charge on any atom is -0.342 e. The molecule has 190 valence electrons. The molecule has 1 spiro atoms. The van der Waals surface area contributed by atoms with Crippen molar-refractivity contribution in [2.75, 3.05) is 10.6 Å². The highest BCUT2D eigenvalue weighted by atomic mass is 32.1. The Balaban J connectivity index is 1.13. The fourth-order valence-electron chi connectivity index (χ4n) is 6.22. The zero-order valence-electron chi connectivity index (χ0n) is 20.8. The maximum Gasteiger partial charge on any atom is 0.250 e. The SMILES string of the molecule is Cc1nc2c(s1)CC(C(=O)c1cc(Nc3ccc4c(c3)CC3(C4)C(=O)Nc4ncccc43)[nH]c(=O)c1)CC2. The molecule has 2 aliphatic carbocycles. The van der Waals surface area contributed by atoms with E-state index < -0.39 is 5.41 Å². The van der Waals surface area contributed by atoms with Crippen LogP contribution in [0, 0.1) is 12.8 Å². The second-order valence-corrected chi connectivity index (χ2v) is 11.7. The summed E-state index contributed by atoms with van der Waals surface area (Å²) in [6, 6.07) is 12.9. The molecule has 7 rings (SSSR count). The molecule has 8 nitrogen and oxygen atoms in total. The van der Waals surface area contributed by atoms with Crippen LogP contribution < -0.4 is 16.2 Å². The smallest absolute Gasteiger partial charge is 0.250 e. The number of fused-ring (bicyclic) bond motifs is 4. The molecule has 1 aromatic carbocycles. The van der Waals surface area contributed by atoms with Gasteiger partial charge >= 0.3 is 0 Å². The molecule has 3 aromatic heterocycles. The number of Topliss-reactive ketones (excluding diaryl/α,β-unsaturated/α-hetero) is 1. The van der Waals surface area contributed by atoms with E-state index in [9.17, 15) is 14.4 Å². The summed E-state index contributed by atoms with van der Waals surface area (Å²) in [5.74, 6) is 0.930. The lowest BCUT2D eigenvalue weighted by atomic mass is 9.79. The molecule has 2 unspecified atom stereocenters. The van der Waals surface area contributed by atoms with E-state index in [4.69, 9.17) is 0 Å². The molecule has 0 bridgehead atoms. The molecule has 2 atom stereocenters. The van der Waals surface area contributed by atoms with Crippen molar-refractivity contribution in [3.05, 3.63) is 96.8 Å². The number of carbonyl (C=O) groups excluding carboxylic acids is 2. The zero-order chi connectivity index (χ0) is 26.0. The van der Waals surface area contributed by atoms with Gasteiger partial charge in [-0.1, -0.05) is 12.1 Å². The molecule has 3 N–H and O–H groups in total. The van der Waals surface area contributed by atoms with Crippen LogP contribution in [0.25, 0.3) is 0 Å². The number of nitrogens with zero attached hydrogens (tertiary/aromatic N) is 2. The molecule has 1 amide bonds. The minimum atomic E-state index is -0.637. The van der Waals surface area contributed by atoms with Gasteiger partial charge in [-0.05, 0) is 74.4 Å². The number of benzene rings is 1. The van der Waals surface area contributed by atoms with Gasteiger partial charge in [0.15, 0.2) is 5.78 Å². The number of aromatic nitrogens is 3. The number of amides is 1. The predicted molar refractivity (Wildman–Crippen MR) is 145 cm³/mol. The van der Waals surface area contributed by atoms with Crippen molar-refractivity contribution >= 4 is 40.4 Å². The third-order valence-corrected chi connectivity index (χ3v) is 9.04. The van der Waals surface area contributed by atoms with Crippen molar-refractivity contribution in [2.45, 2.75) is 44.4 Å². The van der Waals surface area contributed by atoms with E-state index in [1.54, 1.807) is 23.6 Å². The van der Waals surface area contributed by atoms with E-state index in [2.05, 4.69) is 25.6 Å². The number of thiazole rings is 1. The molecule has 4 aromatic rings. The minimum absolute atomic E-state index is 0.00808. The van der Waals surface area contributed by atoms with Crippen LogP contribution in [0.4, 0.5) is 17.3 Å². The summed E-state index contributed by atoms with van der Waals surface area (Å²) in [5, 5.41) is 7.24. The first-order valence-corrected chi connectivity index (χ1v) is 13.6. The van der Waals surface area contributed by atoms with Gasteiger partial charge in [0.05, 0.1) is 16.1 Å². The van der Waals surface area contributed by atoms with E-state index in [0.717, 1.165) is 45.9 Å². The van der Waals surface area contributed by atoms with Crippen LogP contribution >= 0.6 is 11.3 Å². The molecular formula is C29H25N5O3S. The van der Waals surface area contributed by atoms with Crippen LogP contribution in [-0.2, 0) is 35.9 Å². The lowest BCUT2D eigenvalue weighted by Gasteiger charge is -2.20. The molecule has 9 heteroatoms. The molecule has 0 saturated heterocycles. The number of hydrogen-bond donors (Lipinski definition) is 3. The van der Waals surface area contributed by atoms with Crippen LogP contribution in [-0.4, -0.2) is 26.6 Å². The Hall–Kier alpha value is -4.11. The van der Waals surface area contributed by atoms with E-state index in [1.165, 1.54) is 10.9 Å². The number of anilines is 3. The summed E-state index contributed by atoms with van der Waals surface area (Å²) < 4.78 is 0. The molecule has 0 radical (unpaired) electrons. The molecule has 3 aliphatic rings. The highest BCUT2D eigenvalue weighted by Crippen LogP contribution is 2.47. The molecule has 0 fully saturated rings. The van der Waals surface area contributed by atoms with Gasteiger partial charge in [0, 0.05) is 39.9 Å². The Morgan fingerprint density at radius 3 is 2.89 bits per heavy atom. The summed E-state index contributed by atoms with van der Waals surface area (Å²) in [6.07, 6.45) is 5.10. The van der Waals surface area contributed by atoms with E-state index >= 15 is 0 Å². The summed E-state index contributed by atoms with van der Waals surface area (Å²) in [6.45, 7) is 1.99. The summed E-state index contributed by atoms with van der Waals surface area (Å²) in [4.78, 5) is 51.8. The normalized spacial score (nSPS) is 21.1. The summed E-state index contributed by atoms with van der Waals surface area (Å²) in [5.41, 5.74) is 4.49. The average Bonchev–Trinajstić information content (AvgIpc) is 3.55. The monoisotopic (exact) mass is 523 g/mol. The van der Waals surface area contributed by atoms with Gasteiger partial charge in [0.1, 0.15) is 11.6 Å². The Kier molecular flexibility index (Phi) is 5.13. The van der Waals surface area contributed by atoms with Crippen LogP contribution in [0.1, 0.15) is 49.0 Å². The number of pyridine rings is 2. The first-order valence-electron chi connectivity index (χ1n) is 12.8. The van der Waals surface area contributed by atoms with Gasteiger partial charge < -0.3 is 15.6 Å². The van der Waals surface area contributed by atoms with Crippen LogP contribution in [0.3, 0.4) is 0 Å². The second kappa shape index (κ2) is 8.46. The standard InChI is InChI=1S/C29H25N5O3S/c1-15-31-22-7-5-16(10-23(22)38-15)26(36)18-11-24(33-25(35)12-18)32-20-6-4-17-13-29(14-19(17)9-20)21-3-2-8-30-27(21)34-28(29)37/h2-4,6,8-9,11-12,16H,5,7,10,13-14H2,1H3,(H,30,34,37)(H2,32,33,35). The molecule has 4 heterocycles. The Morgan fingerprint density at radius 2 is 2.00 bits per heavy atom. The maximum absolute atomic E-state index is 13.4. The lowest BCUT2D eigenvalue weighted by molar-refractivity contribution is -0.120. The van der Waals surface area contributed by atoms with Gasteiger partial charge in [-0.15, -0.1) is 11.3 Å². The molecule has 38 heavy (non-hydrogen) atoms. The first kappa shape index (κ1) is 23.0. The third kappa shape index (κ3) is 3.68. The van der Waals surface area contributed by atoms with Crippen LogP contribution in [0.15, 0.2) is 53.5 Å². The van der Waals surface area contributed by atoms with Gasteiger partial charge in [-0.25, -0.2) is 9.97 Å². The van der Waals surface area contributed by atoms with E-state index in [0.29, 0.717) is 36.5 Å². The number of aromatic amines is 1. The van der Waals surface area contributed by atoms with Gasteiger partial charge in [0.25, 0.3) is 0 Å². The zero-order valence-corrected chi connectivity index (χ0v) is 21.6. The number of hydrogen-bond acceptors (Lipinski definition) is 7. The van der Waals surface area contributed by atoms with E-state index in [1.807, 2.05) is 37.3 Å². The lowest BCUT2D eigenvalue weighted by Crippen LogP contribution is -2.35. The number of H-pyrrole nitrogens is 1. The first-order chi connectivity index (χ1) is 18.4. The number of carbonyl (C=O) groups is 2. The highest BCUT2D eigenvalue weighted by molar-refractivity contribution is 7.11. The summed E-state index contributed by atoms with van der Waals surface area (Å²) >= 11 is 1.66. The van der Waals surface area contributed by atoms with Gasteiger partial charge in [-0.3, -0.25) is 14.4 Å². The molecule has 1 aliphatic heterocycles. The second-order valence-electron chi connectivity index (χ2n) is 10.5. The largest absolute Gasteiger partial charge is 0.342 e. The number of aryl methyl sites for hydroxylation is 2. The number of rotatable bonds is 4. The van der Waals surface area contributed by atoms with Crippen LogP contribution in [0.2, 0.25) is 0 Å². The Morgan fingerprint density at radius 1 is 1.13 bits per heavy atom. The van der Waals surface area contributed by atoms with Crippen molar-refractivity contribution in [3.8, 4) is 0 Å².